The van der Waals surface area contributed by atoms with Crippen LogP contribution in [0.1, 0.15) is 35.3 Å². The lowest BCUT2D eigenvalue weighted by Gasteiger charge is -2.28. The first-order chi connectivity index (χ1) is 9.97. The van der Waals surface area contributed by atoms with E-state index < -0.39 is 0 Å². The van der Waals surface area contributed by atoms with Crippen LogP contribution in [-0.4, -0.2) is 17.2 Å². The molecule has 0 aliphatic carbocycles. The average molecular weight is 288 g/mol. The van der Waals surface area contributed by atoms with Crippen molar-refractivity contribution in [2.45, 2.75) is 33.4 Å². The van der Waals surface area contributed by atoms with Crippen molar-refractivity contribution in [2.75, 3.05) is 11.9 Å². The fourth-order valence-electron chi connectivity index (χ4n) is 2.38. The van der Waals surface area contributed by atoms with E-state index in [9.17, 15) is 4.39 Å². The zero-order valence-corrected chi connectivity index (χ0v) is 12.9. The Hall–Kier alpha value is -2.01. The lowest BCUT2D eigenvalue weighted by Crippen LogP contribution is -2.26. The van der Waals surface area contributed by atoms with Crippen LogP contribution in [0.3, 0.4) is 0 Å². The standard InChI is InChI=1S/C16H21FN4/c1-10-11(2)19-20-16(14(10)9-18)21(4)12(3)13-7-5-6-8-15(13)17/h5-8,12H,9,18H2,1-4H3. The highest BCUT2D eigenvalue weighted by Crippen LogP contribution is 2.29. The first kappa shape index (κ1) is 15.4. The molecule has 2 N–H and O–H groups in total. The van der Waals surface area contributed by atoms with E-state index in [2.05, 4.69) is 10.2 Å². The predicted octanol–water partition coefficient (Wildman–Crippen LogP) is 2.89. The molecule has 0 fully saturated rings. The van der Waals surface area contributed by atoms with Crippen molar-refractivity contribution in [1.82, 2.24) is 10.2 Å². The number of aryl methyl sites for hydroxylation is 1. The molecule has 1 aromatic heterocycles. The van der Waals surface area contributed by atoms with Crippen molar-refractivity contribution in [3.8, 4) is 0 Å². The van der Waals surface area contributed by atoms with E-state index in [1.54, 1.807) is 12.1 Å². The maximum Gasteiger partial charge on any atom is 0.156 e. The average Bonchev–Trinajstić information content (AvgIpc) is 2.49. The summed E-state index contributed by atoms with van der Waals surface area (Å²) in [7, 11) is 1.88. The quantitative estimate of drug-likeness (QED) is 0.940. The number of rotatable bonds is 4. The summed E-state index contributed by atoms with van der Waals surface area (Å²) in [5.74, 6) is 0.485. The minimum Gasteiger partial charge on any atom is -0.351 e. The Bertz CT molecular complexity index is 642. The number of halogens is 1. The third-order valence-corrected chi connectivity index (χ3v) is 4.03. The highest BCUT2D eigenvalue weighted by atomic mass is 19.1. The highest BCUT2D eigenvalue weighted by Gasteiger charge is 2.20. The summed E-state index contributed by atoms with van der Waals surface area (Å²) in [5.41, 5.74) is 9.34. The summed E-state index contributed by atoms with van der Waals surface area (Å²) in [6.07, 6.45) is 0. The lowest BCUT2D eigenvalue weighted by molar-refractivity contribution is 0.582. The molecule has 0 amide bonds. The molecule has 1 aromatic carbocycles. The fourth-order valence-corrected chi connectivity index (χ4v) is 2.38. The van der Waals surface area contributed by atoms with E-state index in [1.807, 2.05) is 38.8 Å². The molecule has 2 aromatic rings. The zero-order chi connectivity index (χ0) is 15.6. The molecular weight excluding hydrogens is 267 g/mol. The van der Waals surface area contributed by atoms with Gasteiger partial charge in [0.05, 0.1) is 11.7 Å². The summed E-state index contributed by atoms with van der Waals surface area (Å²) >= 11 is 0. The highest BCUT2D eigenvalue weighted by molar-refractivity contribution is 5.51. The number of benzene rings is 1. The van der Waals surface area contributed by atoms with E-state index in [0.29, 0.717) is 17.9 Å². The van der Waals surface area contributed by atoms with Gasteiger partial charge in [0.15, 0.2) is 5.82 Å². The molecule has 4 nitrogen and oxygen atoms in total. The van der Waals surface area contributed by atoms with Crippen LogP contribution < -0.4 is 10.6 Å². The van der Waals surface area contributed by atoms with Crippen molar-refractivity contribution in [2.24, 2.45) is 5.73 Å². The number of nitrogens with zero attached hydrogens (tertiary/aromatic N) is 3. The molecule has 0 saturated carbocycles. The molecule has 5 heteroatoms. The molecule has 1 heterocycles. The number of hydrogen-bond acceptors (Lipinski definition) is 4. The molecular formula is C16H21FN4. The van der Waals surface area contributed by atoms with Gasteiger partial charge < -0.3 is 10.6 Å². The van der Waals surface area contributed by atoms with Crippen LogP contribution in [0, 0.1) is 19.7 Å². The van der Waals surface area contributed by atoms with Crippen molar-refractivity contribution in [1.29, 1.82) is 0 Å². The number of nitrogens with two attached hydrogens (primary N) is 1. The van der Waals surface area contributed by atoms with Gasteiger partial charge in [-0.1, -0.05) is 18.2 Å². The molecule has 1 atom stereocenters. The second-order valence-electron chi connectivity index (χ2n) is 5.23. The maximum absolute atomic E-state index is 14.0. The molecule has 112 valence electrons. The summed E-state index contributed by atoms with van der Waals surface area (Å²) in [6.45, 7) is 6.21. The molecule has 0 aliphatic rings. The van der Waals surface area contributed by atoms with Gasteiger partial charge in [0.2, 0.25) is 0 Å². The van der Waals surface area contributed by atoms with Crippen LogP contribution in [0.25, 0.3) is 0 Å². The van der Waals surface area contributed by atoms with Crippen LogP contribution >= 0.6 is 0 Å². The Kier molecular flexibility index (Phi) is 4.53. The van der Waals surface area contributed by atoms with Gasteiger partial charge in [0.1, 0.15) is 5.82 Å². The Morgan fingerprint density at radius 3 is 2.52 bits per heavy atom. The Balaban J connectivity index is 2.43. The molecule has 0 spiro atoms. The smallest absolute Gasteiger partial charge is 0.156 e. The van der Waals surface area contributed by atoms with Gasteiger partial charge in [0, 0.05) is 24.7 Å². The zero-order valence-electron chi connectivity index (χ0n) is 12.9. The first-order valence-corrected chi connectivity index (χ1v) is 6.97. The van der Waals surface area contributed by atoms with Crippen molar-refractivity contribution < 1.29 is 4.39 Å². The van der Waals surface area contributed by atoms with E-state index >= 15 is 0 Å². The molecule has 21 heavy (non-hydrogen) atoms. The SMILES string of the molecule is Cc1nnc(N(C)C(C)c2ccccc2F)c(CN)c1C. The van der Waals surface area contributed by atoms with Gasteiger partial charge >= 0.3 is 0 Å². The van der Waals surface area contributed by atoms with Gasteiger partial charge in [-0.3, -0.25) is 0 Å². The van der Waals surface area contributed by atoms with Crippen molar-refractivity contribution >= 4 is 5.82 Å². The van der Waals surface area contributed by atoms with Gasteiger partial charge in [-0.05, 0) is 32.4 Å². The Morgan fingerprint density at radius 2 is 1.90 bits per heavy atom. The monoisotopic (exact) mass is 288 g/mol. The second kappa shape index (κ2) is 6.18. The lowest BCUT2D eigenvalue weighted by atomic mass is 10.0. The van der Waals surface area contributed by atoms with Gasteiger partial charge in [-0.2, -0.15) is 5.10 Å². The van der Waals surface area contributed by atoms with Crippen molar-refractivity contribution in [3.63, 3.8) is 0 Å². The number of hydrogen-bond donors (Lipinski definition) is 1. The summed E-state index contributed by atoms with van der Waals surface area (Å²) in [4.78, 5) is 1.92. The second-order valence-corrected chi connectivity index (χ2v) is 5.23. The summed E-state index contributed by atoms with van der Waals surface area (Å²) < 4.78 is 14.0. The molecule has 0 aliphatic heterocycles. The first-order valence-electron chi connectivity index (χ1n) is 6.97. The summed E-state index contributed by atoms with van der Waals surface area (Å²) in [5, 5.41) is 8.43. The van der Waals surface area contributed by atoms with Crippen LogP contribution in [0.5, 0.6) is 0 Å². The third kappa shape index (κ3) is 2.88. The number of anilines is 1. The topological polar surface area (TPSA) is 55.0 Å². The van der Waals surface area contributed by atoms with E-state index in [4.69, 9.17) is 5.73 Å². The minimum absolute atomic E-state index is 0.159. The Labute approximate surface area is 124 Å². The van der Waals surface area contributed by atoms with Gasteiger partial charge in [-0.15, -0.1) is 5.10 Å². The predicted molar refractivity (Wildman–Crippen MR) is 82.6 cm³/mol. The molecule has 0 radical (unpaired) electrons. The molecule has 1 unspecified atom stereocenters. The van der Waals surface area contributed by atoms with Crippen LogP contribution in [0.2, 0.25) is 0 Å². The Morgan fingerprint density at radius 1 is 1.24 bits per heavy atom. The number of aromatic nitrogens is 2. The van der Waals surface area contributed by atoms with E-state index in [0.717, 1.165) is 16.8 Å². The van der Waals surface area contributed by atoms with Gasteiger partial charge in [-0.25, -0.2) is 4.39 Å². The molecule has 0 saturated heterocycles. The van der Waals surface area contributed by atoms with Crippen LogP contribution in [0.15, 0.2) is 24.3 Å². The van der Waals surface area contributed by atoms with Crippen LogP contribution in [-0.2, 0) is 6.54 Å². The molecule has 2 rings (SSSR count). The maximum atomic E-state index is 14.0. The van der Waals surface area contributed by atoms with Gasteiger partial charge in [0.25, 0.3) is 0 Å². The van der Waals surface area contributed by atoms with Crippen LogP contribution in [0.4, 0.5) is 10.2 Å². The normalized spacial score (nSPS) is 12.3. The summed E-state index contributed by atoms with van der Waals surface area (Å²) in [6, 6.07) is 6.61. The van der Waals surface area contributed by atoms with Crippen molar-refractivity contribution in [3.05, 3.63) is 52.5 Å². The molecule has 0 bridgehead atoms. The minimum atomic E-state index is -0.219. The largest absolute Gasteiger partial charge is 0.351 e. The van der Waals surface area contributed by atoms with E-state index in [1.165, 1.54) is 6.07 Å². The third-order valence-electron chi connectivity index (χ3n) is 4.03. The van der Waals surface area contributed by atoms with E-state index in [-0.39, 0.29) is 11.9 Å². The fraction of sp³-hybridized carbons (Fsp3) is 0.375.